The van der Waals surface area contributed by atoms with Gasteiger partial charge in [-0.2, -0.15) is 0 Å². The Labute approximate surface area is 376 Å². The Bertz CT molecular complexity index is 2720. The number of carbonyl (C=O) groups excluding carboxylic acids is 3. The fourth-order valence-corrected chi connectivity index (χ4v) is 10.4. The van der Waals surface area contributed by atoms with Gasteiger partial charge in [-0.3, -0.25) is 19.1 Å². The van der Waals surface area contributed by atoms with E-state index in [0.717, 1.165) is 0 Å². The molecule has 3 N–H and O–H groups in total. The Kier molecular flexibility index (Phi) is 11.7. The quantitative estimate of drug-likeness (QED) is 0.0929. The summed E-state index contributed by atoms with van der Waals surface area (Å²) in [5.41, 5.74) is -0.738. The molecule has 3 fully saturated rings. The molecule has 3 amide bonds. The lowest BCUT2D eigenvalue weighted by atomic mass is 9.85. The Morgan fingerprint density at radius 3 is 2.48 bits per heavy atom. The SMILES string of the molecule is C=C[C@@H]1C[C@]1(NC(=O)[C@@H]1C[C@@H](Oc2ncc(OC)c3ccc(Cl)cc23)CN1C(=O)[C@@H](Nc1nc(-c2cc(-c3ccc(Cl)cc3Cl)no2)cs1)C(C)(C)C)C(=O)NS(=O)(=O)C1CC1. The number of fused-ring (bicyclic) bond motifs is 1. The molecule has 3 aliphatic rings. The number of nitrogens with one attached hydrogen (secondary N) is 3. The summed E-state index contributed by atoms with van der Waals surface area (Å²) in [6.45, 7) is 9.40. The van der Waals surface area contributed by atoms with Crippen LogP contribution in [0.4, 0.5) is 5.13 Å². The molecule has 0 unspecified atom stereocenters. The van der Waals surface area contributed by atoms with Crippen molar-refractivity contribution in [2.75, 3.05) is 19.0 Å². The largest absolute Gasteiger partial charge is 0.494 e. The topological polar surface area (TPSA) is 195 Å². The van der Waals surface area contributed by atoms with Crippen LogP contribution in [0, 0.1) is 11.3 Å². The first kappa shape index (κ1) is 43.7. The number of hydrogen-bond acceptors (Lipinski definition) is 13. The lowest BCUT2D eigenvalue weighted by Gasteiger charge is -2.35. The van der Waals surface area contributed by atoms with E-state index in [1.165, 1.54) is 35.6 Å². The second-order valence-corrected chi connectivity index (χ2v) is 20.8. The van der Waals surface area contributed by atoms with Gasteiger partial charge in [0.2, 0.25) is 27.7 Å². The van der Waals surface area contributed by atoms with Gasteiger partial charge in [-0.05, 0) is 61.1 Å². The van der Waals surface area contributed by atoms with E-state index in [9.17, 15) is 22.8 Å². The molecular formula is C42H42Cl3N7O8S2. The average Bonchev–Trinajstić information content (AvgIpc) is 4.02. The number of methoxy groups -OCH3 is 1. The second kappa shape index (κ2) is 16.6. The third-order valence-corrected chi connectivity index (χ3v) is 14.6. The number of carbonyl (C=O) groups is 3. The zero-order chi connectivity index (χ0) is 44.3. The molecule has 5 aromatic rings. The van der Waals surface area contributed by atoms with Crippen molar-refractivity contribution in [2.45, 2.75) is 75.4 Å². The van der Waals surface area contributed by atoms with Crippen LogP contribution in [0.1, 0.15) is 46.5 Å². The van der Waals surface area contributed by atoms with Crippen LogP contribution >= 0.6 is 46.1 Å². The molecule has 0 radical (unpaired) electrons. The van der Waals surface area contributed by atoms with Crippen LogP contribution in [0.2, 0.25) is 15.1 Å². The molecule has 2 saturated carbocycles. The molecule has 8 rings (SSSR count). The Hall–Kier alpha value is -4.94. The maximum atomic E-state index is 15.0. The van der Waals surface area contributed by atoms with Crippen molar-refractivity contribution in [2.24, 2.45) is 11.3 Å². The van der Waals surface area contributed by atoms with Crippen LogP contribution < -0.4 is 24.8 Å². The van der Waals surface area contributed by atoms with Crippen LogP contribution in [0.3, 0.4) is 0 Å². The van der Waals surface area contributed by atoms with E-state index in [0.29, 0.717) is 72.3 Å². The number of anilines is 1. The first-order valence-corrected chi connectivity index (χ1v) is 23.2. The summed E-state index contributed by atoms with van der Waals surface area (Å²) in [4.78, 5) is 53.8. The van der Waals surface area contributed by atoms with Gasteiger partial charge in [0, 0.05) is 50.2 Å². The first-order chi connectivity index (χ1) is 29.4. The van der Waals surface area contributed by atoms with Gasteiger partial charge in [-0.1, -0.05) is 66.8 Å². The average molecular weight is 943 g/mol. The van der Waals surface area contributed by atoms with Gasteiger partial charge in [0.15, 0.2) is 10.9 Å². The number of halogens is 3. The molecule has 1 aliphatic heterocycles. The van der Waals surface area contributed by atoms with Gasteiger partial charge >= 0.3 is 0 Å². The molecule has 2 aliphatic carbocycles. The van der Waals surface area contributed by atoms with Crippen LogP contribution in [-0.2, 0) is 24.4 Å². The summed E-state index contributed by atoms with van der Waals surface area (Å²) in [6.07, 6.45) is 3.31. The van der Waals surface area contributed by atoms with E-state index in [1.807, 2.05) is 20.8 Å². The van der Waals surface area contributed by atoms with Crippen LogP contribution in [0.15, 0.2) is 71.2 Å². The van der Waals surface area contributed by atoms with Crippen molar-refractivity contribution >= 4 is 89.8 Å². The second-order valence-electron chi connectivity index (χ2n) is 16.7. The Balaban J connectivity index is 1.08. The van der Waals surface area contributed by atoms with Crippen molar-refractivity contribution < 1.29 is 36.8 Å². The molecule has 4 heterocycles. The molecule has 3 aromatic heterocycles. The minimum absolute atomic E-state index is 0.00783. The van der Waals surface area contributed by atoms with E-state index < -0.39 is 68.1 Å². The van der Waals surface area contributed by atoms with E-state index in [-0.39, 0.29) is 25.3 Å². The number of ether oxygens (including phenoxy) is 2. The molecule has 2 aromatic carbocycles. The lowest BCUT2D eigenvalue weighted by Crippen LogP contribution is -2.58. The number of benzene rings is 2. The molecular weight excluding hydrogens is 901 g/mol. The predicted octanol–water partition coefficient (Wildman–Crippen LogP) is 7.53. The highest BCUT2D eigenvalue weighted by Crippen LogP contribution is 2.46. The van der Waals surface area contributed by atoms with Gasteiger partial charge in [-0.25, -0.2) is 18.4 Å². The number of amides is 3. The standard InChI is InChI=1S/C42H42Cl3N7O8S2/c1-6-21-17-42(21,39(55)51-62(56,57)25-9-10-25)49-36(53)32-15-24(59-37-28-13-22(43)7-11-26(28)34(58-5)18-46-37)19-52(32)38(54)35(41(2,3)4)48-40-47-31(20-61-40)33-16-30(50-60-33)27-12-8-23(44)14-29(27)45/h6-8,11-14,16,18,20-21,24-25,32,35H,1,9-10,15,17,19H2,2-5H3,(H,47,48)(H,49,53)(H,51,55)/t21-,24-,32+,35-,42-/m1/s1. The summed E-state index contributed by atoms with van der Waals surface area (Å²) in [5, 5.41) is 14.4. The first-order valence-electron chi connectivity index (χ1n) is 19.7. The highest BCUT2D eigenvalue weighted by molar-refractivity contribution is 7.91. The molecule has 5 atom stereocenters. The molecule has 0 spiro atoms. The number of pyridine rings is 1. The third-order valence-electron chi connectivity index (χ3n) is 11.2. The van der Waals surface area contributed by atoms with Gasteiger partial charge in [-0.15, -0.1) is 17.9 Å². The normalized spacial score (nSPS) is 21.6. The minimum Gasteiger partial charge on any atom is -0.494 e. The summed E-state index contributed by atoms with van der Waals surface area (Å²) in [5.74, 6) is -1.41. The predicted molar refractivity (Wildman–Crippen MR) is 237 cm³/mol. The molecule has 326 valence electrons. The number of likely N-dealkylation sites (tertiary alicyclic amines) is 1. The van der Waals surface area contributed by atoms with Gasteiger partial charge in [0.1, 0.15) is 40.9 Å². The number of sulfonamides is 1. The smallest absolute Gasteiger partial charge is 0.259 e. The van der Waals surface area contributed by atoms with Crippen molar-refractivity contribution in [1.82, 2.24) is 30.1 Å². The minimum atomic E-state index is -3.93. The number of thiazole rings is 1. The van der Waals surface area contributed by atoms with E-state index in [2.05, 4.69) is 32.1 Å². The van der Waals surface area contributed by atoms with Crippen molar-refractivity contribution in [3.63, 3.8) is 0 Å². The molecule has 0 bridgehead atoms. The molecule has 20 heteroatoms. The van der Waals surface area contributed by atoms with E-state index in [4.69, 9.17) is 53.8 Å². The maximum absolute atomic E-state index is 15.0. The molecule has 1 saturated heterocycles. The van der Waals surface area contributed by atoms with Gasteiger partial charge in [0.05, 0.1) is 30.1 Å². The van der Waals surface area contributed by atoms with E-state index in [1.54, 1.807) is 47.8 Å². The third kappa shape index (κ3) is 8.69. The highest BCUT2D eigenvalue weighted by Gasteiger charge is 2.62. The van der Waals surface area contributed by atoms with Gasteiger partial charge < -0.3 is 29.5 Å². The fourth-order valence-electron chi connectivity index (χ4n) is 7.58. The van der Waals surface area contributed by atoms with Crippen molar-refractivity contribution in [1.29, 1.82) is 0 Å². The Morgan fingerprint density at radius 1 is 1.06 bits per heavy atom. The zero-order valence-corrected chi connectivity index (χ0v) is 37.8. The number of rotatable bonds is 14. The summed E-state index contributed by atoms with van der Waals surface area (Å²) < 4.78 is 45.4. The lowest BCUT2D eigenvalue weighted by molar-refractivity contribution is -0.141. The van der Waals surface area contributed by atoms with Crippen molar-refractivity contribution in [3.05, 3.63) is 81.8 Å². The highest BCUT2D eigenvalue weighted by atomic mass is 35.5. The molecule has 15 nitrogen and oxygen atoms in total. The number of hydrogen-bond donors (Lipinski definition) is 3. The van der Waals surface area contributed by atoms with Crippen LogP contribution in [-0.4, -0.2) is 88.8 Å². The van der Waals surface area contributed by atoms with E-state index >= 15 is 0 Å². The monoisotopic (exact) mass is 941 g/mol. The van der Waals surface area contributed by atoms with Crippen LogP contribution in [0.25, 0.3) is 33.5 Å². The van der Waals surface area contributed by atoms with Crippen molar-refractivity contribution in [3.8, 4) is 34.3 Å². The summed E-state index contributed by atoms with van der Waals surface area (Å²) in [6, 6.07) is 9.86. The zero-order valence-electron chi connectivity index (χ0n) is 33.9. The number of nitrogens with zero attached hydrogens (tertiary/aromatic N) is 4. The fraction of sp³-hybridized carbons (Fsp3) is 0.381. The summed E-state index contributed by atoms with van der Waals surface area (Å²) in [7, 11) is -2.40. The Morgan fingerprint density at radius 2 is 1.81 bits per heavy atom. The van der Waals surface area contributed by atoms with Crippen LogP contribution in [0.5, 0.6) is 11.6 Å². The number of aromatic nitrogens is 3. The summed E-state index contributed by atoms with van der Waals surface area (Å²) >= 11 is 20.1. The van der Waals surface area contributed by atoms with Gasteiger partial charge in [0.25, 0.3) is 5.91 Å². The maximum Gasteiger partial charge on any atom is 0.259 e. The molecule has 62 heavy (non-hydrogen) atoms.